The van der Waals surface area contributed by atoms with Crippen molar-refractivity contribution in [3.63, 3.8) is 0 Å². The predicted molar refractivity (Wildman–Crippen MR) is 216 cm³/mol. The highest BCUT2D eigenvalue weighted by Crippen LogP contribution is 2.12. The third-order valence-electron chi connectivity index (χ3n) is 9.08. The number of nitrogens with zero attached hydrogens (tertiary/aromatic N) is 2. The van der Waals surface area contributed by atoms with E-state index in [0.29, 0.717) is 12.3 Å². The summed E-state index contributed by atoms with van der Waals surface area (Å²) in [4.78, 5) is 17.5. The first-order valence-corrected chi connectivity index (χ1v) is 20.8. The van der Waals surface area contributed by atoms with Gasteiger partial charge in [-0.25, -0.2) is 0 Å². The van der Waals surface area contributed by atoms with Crippen LogP contribution < -0.4 is 5.32 Å². The average Bonchev–Trinajstić information content (AvgIpc) is 3.08. The number of nitrogens with one attached hydrogen (secondary N) is 1. The summed E-state index contributed by atoms with van der Waals surface area (Å²) in [5.74, 6) is 0.347. The number of allylic oxidation sites excluding steroid dienone is 8. The summed E-state index contributed by atoms with van der Waals surface area (Å²) in [5, 5.41) is 3.48. The summed E-state index contributed by atoms with van der Waals surface area (Å²) in [6, 6.07) is 0. The van der Waals surface area contributed by atoms with E-state index in [2.05, 4.69) is 91.7 Å². The molecule has 280 valence electrons. The van der Waals surface area contributed by atoms with Crippen LogP contribution in [-0.4, -0.2) is 62.5 Å². The van der Waals surface area contributed by atoms with Gasteiger partial charge >= 0.3 is 0 Å². The van der Waals surface area contributed by atoms with Gasteiger partial charge in [0.25, 0.3) is 0 Å². The van der Waals surface area contributed by atoms with Crippen molar-refractivity contribution in [3.8, 4) is 0 Å². The van der Waals surface area contributed by atoms with Crippen molar-refractivity contribution in [3.05, 3.63) is 48.6 Å². The molecule has 1 N–H and O–H groups in total. The summed E-state index contributed by atoms with van der Waals surface area (Å²) < 4.78 is 0. The molecule has 0 spiro atoms. The predicted octanol–water partition coefficient (Wildman–Crippen LogP) is 12.4. The molecule has 48 heavy (non-hydrogen) atoms. The zero-order chi connectivity index (χ0) is 35.0. The summed E-state index contributed by atoms with van der Waals surface area (Å²) in [5.41, 5.74) is 0. The quantitative estimate of drug-likeness (QED) is 0.0528. The molecule has 0 atom stereocenters. The molecule has 0 aromatic rings. The minimum Gasteiger partial charge on any atom is -0.343 e. The van der Waals surface area contributed by atoms with Gasteiger partial charge in [-0.1, -0.05) is 140 Å². The Labute approximate surface area is 301 Å². The smallest absolute Gasteiger partial charge is 0.223 e. The second-order valence-electron chi connectivity index (χ2n) is 14.2. The second kappa shape index (κ2) is 39.8. The van der Waals surface area contributed by atoms with Crippen molar-refractivity contribution in [2.24, 2.45) is 0 Å². The first kappa shape index (κ1) is 46.4. The van der Waals surface area contributed by atoms with Crippen LogP contribution in [0.2, 0.25) is 0 Å². The fourth-order valence-corrected chi connectivity index (χ4v) is 5.94. The first-order chi connectivity index (χ1) is 23.6. The Morgan fingerprint density at radius 3 is 1.27 bits per heavy atom. The molecule has 0 aliphatic heterocycles. The van der Waals surface area contributed by atoms with E-state index in [4.69, 9.17) is 0 Å². The molecule has 0 saturated heterocycles. The number of hydrogen-bond acceptors (Lipinski definition) is 3. The molecule has 0 fully saturated rings. The number of hydrogen-bond donors (Lipinski definition) is 1. The van der Waals surface area contributed by atoms with Crippen molar-refractivity contribution >= 4 is 5.91 Å². The Kier molecular flexibility index (Phi) is 38.4. The lowest BCUT2D eigenvalue weighted by Crippen LogP contribution is -2.35. The van der Waals surface area contributed by atoms with Crippen molar-refractivity contribution in [1.29, 1.82) is 0 Å². The molecular weight excluding hydrogens is 587 g/mol. The Morgan fingerprint density at radius 1 is 0.458 bits per heavy atom. The average molecular weight is 670 g/mol. The highest BCUT2D eigenvalue weighted by molar-refractivity contribution is 5.76. The molecule has 0 aliphatic rings. The molecule has 0 heterocycles. The van der Waals surface area contributed by atoms with Gasteiger partial charge in [-0.2, -0.15) is 0 Å². The van der Waals surface area contributed by atoms with Crippen molar-refractivity contribution in [2.75, 3.05) is 46.8 Å². The Balaban J connectivity index is 4.11. The molecule has 0 aromatic heterocycles. The molecule has 0 bridgehead atoms. The number of amides is 1. The normalized spacial score (nSPS) is 12.3. The molecule has 0 rings (SSSR count). The summed E-state index contributed by atoms with van der Waals surface area (Å²) >= 11 is 0. The van der Waals surface area contributed by atoms with E-state index in [1.165, 1.54) is 128 Å². The third-order valence-corrected chi connectivity index (χ3v) is 9.08. The van der Waals surface area contributed by atoms with Gasteiger partial charge in [0.05, 0.1) is 0 Å². The summed E-state index contributed by atoms with van der Waals surface area (Å²) in [7, 11) is 4.23. The van der Waals surface area contributed by atoms with Crippen LogP contribution in [0.25, 0.3) is 0 Å². The van der Waals surface area contributed by atoms with Crippen LogP contribution in [0.4, 0.5) is 0 Å². The van der Waals surface area contributed by atoms with Gasteiger partial charge in [-0.15, -0.1) is 0 Å². The van der Waals surface area contributed by atoms with E-state index in [-0.39, 0.29) is 0 Å². The molecule has 0 radical (unpaired) electrons. The number of carbonyl (C=O) groups is 1. The summed E-state index contributed by atoms with van der Waals surface area (Å²) in [6.45, 7) is 9.29. The molecule has 0 unspecified atom stereocenters. The summed E-state index contributed by atoms with van der Waals surface area (Å²) in [6.07, 6.45) is 50.8. The maximum Gasteiger partial charge on any atom is 0.223 e. The largest absolute Gasteiger partial charge is 0.343 e. The number of rotatable bonds is 37. The fourth-order valence-electron chi connectivity index (χ4n) is 5.94. The Morgan fingerprint density at radius 2 is 0.854 bits per heavy atom. The topological polar surface area (TPSA) is 35.6 Å². The van der Waals surface area contributed by atoms with Gasteiger partial charge in [0, 0.05) is 26.1 Å². The van der Waals surface area contributed by atoms with E-state index >= 15 is 0 Å². The highest BCUT2D eigenvalue weighted by Gasteiger charge is 2.12. The van der Waals surface area contributed by atoms with Gasteiger partial charge in [0.1, 0.15) is 0 Å². The second-order valence-corrected chi connectivity index (χ2v) is 14.2. The Hall–Kier alpha value is -1.65. The van der Waals surface area contributed by atoms with Crippen molar-refractivity contribution in [2.45, 2.75) is 181 Å². The Bertz CT molecular complexity index is 721. The van der Waals surface area contributed by atoms with E-state index in [1.54, 1.807) is 0 Å². The standard InChI is InChI=1S/C44H83N3O/c1-5-7-9-11-13-15-17-19-21-23-25-27-29-31-33-35-42-47(44(48)38-40-45-39-37-41-46(3)4)43-36-34-32-30-28-26-24-22-20-18-16-14-12-10-8-6-2/h13-16,19-22,45H,5-12,17-18,23-43H2,1-4H3/b15-13-,16-14-,21-19-,22-20-. The molecule has 0 aliphatic carbocycles. The SMILES string of the molecule is CCCCC/C=C\C/C=C\CCCCCCCCN(CCCCCCCC/C=C\C/C=C\CCCCC)C(=O)CCNCCCN(C)C. The molecular formula is C44H83N3O. The fraction of sp³-hybridized carbons (Fsp3) is 0.795. The van der Waals surface area contributed by atoms with Gasteiger partial charge in [0.15, 0.2) is 0 Å². The highest BCUT2D eigenvalue weighted by atomic mass is 16.2. The van der Waals surface area contributed by atoms with Gasteiger partial charge in [-0.05, 0) is 111 Å². The molecule has 0 aromatic carbocycles. The van der Waals surface area contributed by atoms with Crippen molar-refractivity contribution in [1.82, 2.24) is 15.1 Å². The van der Waals surface area contributed by atoms with E-state index < -0.39 is 0 Å². The van der Waals surface area contributed by atoms with E-state index in [0.717, 1.165) is 64.8 Å². The van der Waals surface area contributed by atoms with Gasteiger partial charge in [-0.3, -0.25) is 4.79 Å². The lowest BCUT2D eigenvalue weighted by Gasteiger charge is -2.23. The van der Waals surface area contributed by atoms with E-state index in [9.17, 15) is 4.79 Å². The zero-order valence-corrected chi connectivity index (χ0v) is 32.8. The van der Waals surface area contributed by atoms with Crippen LogP contribution in [0.15, 0.2) is 48.6 Å². The van der Waals surface area contributed by atoms with Crippen molar-refractivity contribution < 1.29 is 4.79 Å². The zero-order valence-electron chi connectivity index (χ0n) is 32.8. The maximum atomic E-state index is 13.1. The lowest BCUT2D eigenvalue weighted by atomic mass is 10.1. The maximum absolute atomic E-state index is 13.1. The number of carbonyl (C=O) groups excluding carboxylic acids is 1. The van der Waals surface area contributed by atoms with Crippen LogP contribution in [0.3, 0.4) is 0 Å². The van der Waals surface area contributed by atoms with Crippen LogP contribution in [0.1, 0.15) is 181 Å². The third kappa shape index (κ3) is 37.2. The van der Waals surface area contributed by atoms with Gasteiger partial charge in [0.2, 0.25) is 5.91 Å². The molecule has 4 nitrogen and oxygen atoms in total. The monoisotopic (exact) mass is 670 g/mol. The van der Waals surface area contributed by atoms with Crippen LogP contribution in [0.5, 0.6) is 0 Å². The molecule has 0 saturated carbocycles. The minimum atomic E-state index is 0.347. The first-order valence-electron chi connectivity index (χ1n) is 20.8. The van der Waals surface area contributed by atoms with Gasteiger partial charge < -0.3 is 15.1 Å². The molecule has 1 amide bonds. The number of unbranched alkanes of at least 4 members (excludes halogenated alkanes) is 18. The van der Waals surface area contributed by atoms with Crippen LogP contribution >= 0.6 is 0 Å². The lowest BCUT2D eigenvalue weighted by molar-refractivity contribution is -0.131. The molecule has 4 heteroatoms. The minimum absolute atomic E-state index is 0.347. The van der Waals surface area contributed by atoms with Crippen LogP contribution in [0, 0.1) is 0 Å². The van der Waals surface area contributed by atoms with E-state index in [1.807, 2.05) is 0 Å². The van der Waals surface area contributed by atoms with Crippen LogP contribution in [-0.2, 0) is 4.79 Å².